The number of rotatable bonds is 2. The first-order chi connectivity index (χ1) is 11.5. The molecule has 4 rings (SSSR count). The Bertz CT molecular complexity index is 740. The SMILES string of the molecule is CC(C)(C)n1nc(C2CCOCC2)nc1-c1ccc2c(c1)CCO2. The van der Waals surface area contributed by atoms with Crippen LogP contribution >= 0.6 is 0 Å². The van der Waals surface area contributed by atoms with Gasteiger partial charge in [-0.25, -0.2) is 9.67 Å². The van der Waals surface area contributed by atoms with Gasteiger partial charge in [-0.2, -0.15) is 5.10 Å². The van der Waals surface area contributed by atoms with Crippen molar-refractivity contribution < 1.29 is 9.47 Å². The number of fused-ring (bicyclic) bond motifs is 1. The number of hydrogen-bond donors (Lipinski definition) is 0. The second-order valence-corrected chi connectivity index (χ2v) is 7.68. The van der Waals surface area contributed by atoms with Crippen molar-refractivity contribution in [3.63, 3.8) is 0 Å². The maximum Gasteiger partial charge on any atom is 0.158 e. The van der Waals surface area contributed by atoms with Crippen molar-refractivity contribution in [1.82, 2.24) is 14.8 Å². The molecule has 3 heterocycles. The van der Waals surface area contributed by atoms with Crippen LogP contribution in [0.1, 0.15) is 50.9 Å². The molecule has 0 bridgehead atoms. The molecule has 0 radical (unpaired) electrons. The fourth-order valence-electron chi connectivity index (χ4n) is 3.44. The lowest BCUT2D eigenvalue weighted by Gasteiger charge is -2.22. The molecule has 0 aliphatic carbocycles. The van der Waals surface area contributed by atoms with Crippen LogP contribution < -0.4 is 4.74 Å². The number of benzene rings is 1. The molecule has 0 spiro atoms. The average molecular weight is 327 g/mol. The number of nitrogens with zero attached hydrogens (tertiary/aromatic N) is 3. The second kappa shape index (κ2) is 5.88. The van der Waals surface area contributed by atoms with E-state index in [0.29, 0.717) is 5.92 Å². The van der Waals surface area contributed by atoms with Crippen molar-refractivity contribution in [3.8, 4) is 17.1 Å². The van der Waals surface area contributed by atoms with Crippen LogP contribution in [0.4, 0.5) is 0 Å². The van der Waals surface area contributed by atoms with E-state index in [0.717, 1.165) is 62.0 Å². The predicted molar refractivity (Wildman–Crippen MR) is 92.4 cm³/mol. The summed E-state index contributed by atoms with van der Waals surface area (Å²) in [7, 11) is 0. The van der Waals surface area contributed by atoms with Gasteiger partial charge in [-0.1, -0.05) is 0 Å². The van der Waals surface area contributed by atoms with Crippen LogP contribution in [0.2, 0.25) is 0 Å². The summed E-state index contributed by atoms with van der Waals surface area (Å²) in [6.07, 6.45) is 2.98. The molecule has 0 unspecified atom stereocenters. The fourth-order valence-corrected chi connectivity index (χ4v) is 3.44. The molecule has 2 aromatic rings. The quantitative estimate of drug-likeness (QED) is 0.847. The summed E-state index contributed by atoms with van der Waals surface area (Å²) < 4.78 is 13.2. The summed E-state index contributed by atoms with van der Waals surface area (Å²) >= 11 is 0. The maximum absolute atomic E-state index is 5.63. The van der Waals surface area contributed by atoms with Crippen molar-refractivity contribution in [2.45, 2.75) is 51.5 Å². The van der Waals surface area contributed by atoms with Gasteiger partial charge in [-0.3, -0.25) is 0 Å². The van der Waals surface area contributed by atoms with Gasteiger partial charge in [0.15, 0.2) is 11.6 Å². The van der Waals surface area contributed by atoms with E-state index in [1.165, 1.54) is 5.56 Å². The molecule has 0 atom stereocenters. The second-order valence-electron chi connectivity index (χ2n) is 7.68. The monoisotopic (exact) mass is 327 g/mol. The zero-order valence-corrected chi connectivity index (χ0v) is 14.7. The summed E-state index contributed by atoms with van der Waals surface area (Å²) in [4.78, 5) is 4.95. The van der Waals surface area contributed by atoms with Crippen LogP contribution in [0.5, 0.6) is 5.75 Å². The highest BCUT2D eigenvalue weighted by Crippen LogP contribution is 2.33. The Labute approximate surface area is 143 Å². The van der Waals surface area contributed by atoms with Crippen LogP contribution in [0, 0.1) is 0 Å². The minimum Gasteiger partial charge on any atom is -0.493 e. The molecule has 1 aromatic heterocycles. The summed E-state index contributed by atoms with van der Waals surface area (Å²) in [5.41, 5.74) is 2.28. The minimum atomic E-state index is -0.110. The Balaban J connectivity index is 1.77. The van der Waals surface area contributed by atoms with E-state index in [1.807, 2.05) is 0 Å². The van der Waals surface area contributed by atoms with Gasteiger partial charge in [0, 0.05) is 31.1 Å². The van der Waals surface area contributed by atoms with Gasteiger partial charge in [-0.05, 0) is 57.4 Å². The summed E-state index contributed by atoms with van der Waals surface area (Å²) in [6, 6.07) is 6.37. The third-order valence-electron chi connectivity index (χ3n) is 4.79. The molecule has 0 saturated carbocycles. The fraction of sp³-hybridized carbons (Fsp3) is 0.579. The summed E-state index contributed by atoms with van der Waals surface area (Å²) in [6.45, 7) is 8.92. The molecular formula is C19H25N3O2. The smallest absolute Gasteiger partial charge is 0.158 e. The predicted octanol–water partition coefficient (Wildman–Crippen LogP) is 3.53. The molecule has 1 aromatic carbocycles. The van der Waals surface area contributed by atoms with Crippen LogP contribution in [0.15, 0.2) is 18.2 Å². The van der Waals surface area contributed by atoms with Gasteiger partial charge in [0.1, 0.15) is 5.75 Å². The van der Waals surface area contributed by atoms with Gasteiger partial charge < -0.3 is 9.47 Å². The highest BCUT2D eigenvalue weighted by atomic mass is 16.5. The van der Waals surface area contributed by atoms with E-state index in [1.54, 1.807) is 0 Å². The van der Waals surface area contributed by atoms with E-state index >= 15 is 0 Å². The van der Waals surface area contributed by atoms with Crippen molar-refractivity contribution in [3.05, 3.63) is 29.6 Å². The first-order valence-electron chi connectivity index (χ1n) is 8.83. The third-order valence-corrected chi connectivity index (χ3v) is 4.79. The normalized spacial score (nSPS) is 18.5. The summed E-state index contributed by atoms with van der Waals surface area (Å²) in [5, 5.41) is 4.89. The topological polar surface area (TPSA) is 49.2 Å². The van der Waals surface area contributed by atoms with E-state index in [-0.39, 0.29) is 5.54 Å². The zero-order chi connectivity index (χ0) is 16.7. The highest BCUT2D eigenvalue weighted by molar-refractivity contribution is 5.60. The highest BCUT2D eigenvalue weighted by Gasteiger charge is 2.27. The lowest BCUT2D eigenvalue weighted by Crippen LogP contribution is -2.24. The Morgan fingerprint density at radius 2 is 1.92 bits per heavy atom. The van der Waals surface area contributed by atoms with Crippen LogP contribution in [-0.2, 0) is 16.7 Å². The molecule has 2 aliphatic heterocycles. The number of ether oxygens (including phenoxy) is 2. The summed E-state index contributed by atoms with van der Waals surface area (Å²) in [5.74, 6) is 3.32. The lowest BCUT2D eigenvalue weighted by atomic mass is 10.00. The van der Waals surface area contributed by atoms with Crippen LogP contribution in [0.3, 0.4) is 0 Å². The standard InChI is InChI=1S/C19H25N3O2/c1-19(2,3)22-18(15-4-5-16-14(12-15)8-11-24-16)20-17(21-22)13-6-9-23-10-7-13/h4-5,12-13H,6-11H2,1-3H3. The average Bonchev–Trinajstić information content (AvgIpc) is 3.21. The molecule has 0 N–H and O–H groups in total. The van der Waals surface area contributed by atoms with Gasteiger partial charge in [0.05, 0.1) is 12.1 Å². The first-order valence-corrected chi connectivity index (χ1v) is 8.83. The van der Waals surface area contributed by atoms with Crippen LogP contribution in [-0.4, -0.2) is 34.6 Å². The van der Waals surface area contributed by atoms with Gasteiger partial charge in [0.2, 0.25) is 0 Å². The van der Waals surface area contributed by atoms with Crippen molar-refractivity contribution in [2.75, 3.05) is 19.8 Å². The Morgan fingerprint density at radius 1 is 1.12 bits per heavy atom. The molecule has 1 fully saturated rings. The van der Waals surface area contributed by atoms with Gasteiger partial charge in [-0.15, -0.1) is 0 Å². The Morgan fingerprint density at radius 3 is 2.67 bits per heavy atom. The molecule has 2 aliphatic rings. The van der Waals surface area contributed by atoms with E-state index < -0.39 is 0 Å². The van der Waals surface area contributed by atoms with E-state index in [9.17, 15) is 0 Å². The molecular weight excluding hydrogens is 302 g/mol. The molecule has 128 valence electrons. The molecule has 0 amide bonds. The Kier molecular flexibility index (Phi) is 3.83. The molecule has 24 heavy (non-hydrogen) atoms. The third kappa shape index (κ3) is 2.81. The van der Waals surface area contributed by atoms with Gasteiger partial charge >= 0.3 is 0 Å². The largest absolute Gasteiger partial charge is 0.493 e. The lowest BCUT2D eigenvalue weighted by molar-refractivity contribution is 0.0834. The minimum absolute atomic E-state index is 0.110. The first kappa shape index (κ1) is 15.6. The van der Waals surface area contributed by atoms with Crippen molar-refractivity contribution in [2.24, 2.45) is 0 Å². The zero-order valence-electron chi connectivity index (χ0n) is 14.7. The number of hydrogen-bond acceptors (Lipinski definition) is 4. The Hall–Kier alpha value is -1.88. The number of aromatic nitrogens is 3. The molecule has 5 heteroatoms. The maximum atomic E-state index is 5.63. The van der Waals surface area contributed by atoms with Crippen molar-refractivity contribution in [1.29, 1.82) is 0 Å². The van der Waals surface area contributed by atoms with E-state index in [2.05, 4.69) is 43.7 Å². The molecule has 5 nitrogen and oxygen atoms in total. The van der Waals surface area contributed by atoms with Crippen LogP contribution in [0.25, 0.3) is 11.4 Å². The van der Waals surface area contributed by atoms with E-state index in [4.69, 9.17) is 19.6 Å². The van der Waals surface area contributed by atoms with Gasteiger partial charge in [0.25, 0.3) is 0 Å². The molecule has 1 saturated heterocycles. The van der Waals surface area contributed by atoms with Crippen molar-refractivity contribution >= 4 is 0 Å².